The molecule has 0 radical (unpaired) electrons. The van der Waals surface area contributed by atoms with E-state index < -0.39 is 0 Å². The van der Waals surface area contributed by atoms with Gasteiger partial charge in [-0.3, -0.25) is 14.2 Å². The topological polar surface area (TPSA) is 64.0 Å². The molecule has 3 aromatic rings. The Morgan fingerprint density at radius 1 is 1.34 bits per heavy atom. The summed E-state index contributed by atoms with van der Waals surface area (Å²) in [5, 5.41) is 3.72. The molecule has 2 atom stereocenters. The molecule has 2 heterocycles. The summed E-state index contributed by atoms with van der Waals surface area (Å²) in [7, 11) is 0. The highest BCUT2D eigenvalue weighted by molar-refractivity contribution is 7.18. The molecule has 0 fully saturated rings. The number of aryl methyl sites for hydroxylation is 3. The van der Waals surface area contributed by atoms with Crippen LogP contribution in [0.4, 0.5) is 0 Å². The molecule has 0 spiro atoms. The molecule has 1 amide bonds. The maximum atomic E-state index is 13.1. The van der Waals surface area contributed by atoms with E-state index in [9.17, 15) is 9.59 Å². The molecule has 1 aliphatic carbocycles. The number of carbonyl (C=O) groups is 1. The van der Waals surface area contributed by atoms with E-state index in [-0.39, 0.29) is 24.1 Å². The van der Waals surface area contributed by atoms with Crippen molar-refractivity contribution in [1.82, 2.24) is 14.9 Å². The lowest BCUT2D eigenvalue weighted by molar-refractivity contribution is -0.122. The fourth-order valence-corrected chi connectivity index (χ4v) is 5.38. The quantitative estimate of drug-likeness (QED) is 0.706. The van der Waals surface area contributed by atoms with E-state index in [1.807, 2.05) is 13.0 Å². The van der Waals surface area contributed by atoms with Gasteiger partial charge >= 0.3 is 0 Å². The van der Waals surface area contributed by atoms with Crippen LogP contribution in [0, 0.1) is 19.8 Å². The highest BCUT2D eigenvalue weighted by atomic mass is 32.1. The van der Waals surface area contributed by atoms with Gasteiger partial charge in [0.05, 0.1) is 17.8 Å². The third kappa shape index (κ3) is 3.86. The maximum Gasteiger partial charge on any atom is 0.262 e. The number of thiophene rings is 1. The van der Waals surface area contributed by atoms with Crippen molar-refractivity contribution in [2.24, 2.45) is 5.92 Å². The summed E-state index contributed by atoms with van der Waals surface area (Å²) in [5.41, 5.74) is 4.54. The highest BCUT2D eigenvalue weighted by Gasteiger charge is 2.23. The van der Waals surface area contributed by atoms with Crippen LogP contribution in [0.2, 0.25) is 0 Å². The molecule has 6 heteroatoms. The Morgan fingerprint density at radius 2 is 2.14 bits per heavy atom. The van der Waals surface area contributed by atoms with Crippen LogP contribution in [0.25, 0.3) is 10.2 Å². The third-order valence-corrected chi connectivity index (χ3v) is 7.17. The molecule has 29 heavy (non-hydrogen) atoms. The van der Waals surface area contributed by atoms with Gasteiger partial charge in [-0.25, -0.2) is 4.98 Å². The van der Waals surface area contributed by atoms with Gasteiger partial charge in [-0.05, 0) is 68.2 Å². The highest BCUT2D eigenvalue weighted by Crippen LogP contribution is 2.35. The Bertz CT molecular complexity index is 1140. The molecule has 0 unspecified atom stereocenters. The van der Waals surface area contributed by atoms with E-state index in [0.717, 1.165) is 40.6 Å². The van der Waals surface area contributed by atoms with E-state index in [0.29, 0.717) is 5.92 Å². The predicted molar refractivity (Wildman–Crippen MR) is 118 cm³/mol. The largest absolute Gasteiger partial charge is 0.348 e. The van der Waals surface area contributed by atoms with Crippen LogP contribution in [0.15, 0.2) is 29.3 Å². The monoisotopic (exact) mass is 409 g/mol. The summed E-state index contributed by atoms with van der Waals surface area (Å²) in [6, 6.07) is 6.07. The number of fused-ring (bicyclic) bond motifs is 3. The zero-order valence-electron chi connectivity index (χ0n) is 17.4. The molecule has 0 saturated heterocycles. The number of hydrogen-bond acceptors (Lipinski definition) is 4. The fourth-order valence-electron chi connectivity index (χ4n) is 4.04. The van der Waals surface area contributed by atoms with E-state index in [4.69, 9.17) is 0 Å². The molecule has 2 aromatic heterocycles. The number of hydrogen-bond donors (Lipinski definition) is 1. The van der Waals surface area contributed by atoms with Crippen molar-refractivity contribution < 1.29 is 4.79 Å². The van der Waals surface area contributed by atoms with Crippen molar-refractivity contribution in [2.45, 2.75) is 59.5 Å². The minimum atomic E-state index is -0.184. The third-order valence-electron chi connectivity index (χ3n) is 6.00. The number of nitrogens with one attached hydrogen (secondary N) is 1. The van der Waals surface area contributed by atoms with Crippen LogP contribution in [-0.2, 0) is 24.2 Å². The average molecular weight is 410 g/mol. The average Bonchev–Trinajstić information content (AvgIpc) is 3.04. The van der Waals surface area contributed by atoms with E-state index in [1.54, 1.807) is 11.3 Å². The lowest BCUT2D eigenvalue weighted by atomic mass is 9.89. The molecular formula is C23H27N3O2S. The van der Waals surface area contributed by atoms with Gasteiger partial charge in [0.15, 0.2) is 0 Å². The fraction of sp³-hybridized carbons (Fsp3) is 0.435. The summed E-state index contributed by atoms with van der Waals surface area (Å²) < 4.78 is 1.44. The lowest BCUT2D eigenvalue weighted by Crippen LogP contribution is -2.34. The van der Waals surface area contributed by atoms with Crippen LogP contribution < -0.4 is 10.9 Å². The minimum absolute atomic E-state index is 0.0159. The Kier molecular flexibility index (Phi) is 5.30. The van der Waals surface area contributed by atoms with Gasteiger partial charge in [0.25, 0.3) is 5.56 Å². The van der Waals surface area contributed by atoms with Crippen molar-refractivity contribution >= 4 is 27.5 Å². The number of benzene rings is 1. The number of rotatable bonds is 4. The Hall–Kier alpha value is -2.47. The van der Waals surface area contributed by atoms with Crippen LogP contribution in [0.3, 0.4) is 0 Å². The van der Waals surface area contributed by atoms with Crippen LogP contribution in [0.5, 0.6) is 0 Å². The van der Waals surface area contributed by atoms with Crippen LogP contribution in [-0.4, -0.2) is 15.5 Å². The molecule has 0 aliphatic heterocycles. The predicted octanol–water partition coefficient (Wildman–Crippen LogP) is 4.08. The van der Waals surface area contributed by atoms with E-state index in [1.165, 1.54) is 26.9 Å². The van der Waals surface area contributed by atoms with Gasteiger partial charge in [-0.15, -0.1) is 11.3 Å². The van der Waals surface area contributed by atoms with Gasteiger partial charge in [0.1, 0.15) is 11.4 Å². The first-order valence-corrected chi connectivity index (χ1v) is 11.0. The van der Waals surface area contributed by atoms with Crippen molar-refractivity contribution in [2.75, 3.05) is 0 Å². The SMILES string of the molecule is Cc1ccc([C@@H](C)NC(=O)Cn2cnc3sc4c(c3c2=O)CC[C@@H](C)C4)cc1C. The molecule has 152 valence electrons. The van der Waals surface area contributed by atoms with E-state index in [2.05, 4.69) is 43.2 Å². The minimum Gasteiger partial charge on any atom is -0.348 e. The van der Waals surface area contributed by atoms with Gasteiger partial charge in [-0.1, -0.05) is 25.1 Å². The van der Waals surface area contributed by atoms with Crippen molar-refractivity contribution in [3.63, 3.8) is 0 Å². The Morgan fingerprint density at radius 3 is 2.90 bits per heavy atom. The lowest BCUT2D eigenvalue weighted by Gasteiger charge is -2.17. The molecule has 0 saturated carbocycles. The Balaban J connectivity index is 1.54. The summed E-state index contributed by atoms with van der Waals surface area (Å²) in [5.74, 6) is 0.465. The maximum absolute atomic E-state index is 13.1. The van der Waals surface area contributed by atoms with Crippen LogP contribution >= 0.6 is 11.3 Å². The van der Waals surface area contributed by atoms with Crippen molar-refractivity contribution in [3.05, 3.63) is 62.0 Å². The second kappa shape index (κ2) is 7.75. The second-order valence-corrected chi connectivity index (χ2v) is 9.43. The Labute approximate surface area is 174 Å². The molecular weight excluding hydrogens is 382 g/mol. The first-order valence-electron chi connectivity index (χ1n) is 10.2. The number of carbonyl (C=O) groups excluding carboxylic acids is 1. The summed E-state index contributed by atoms with van der Waals surface area (Å²) in [6.45, 7) is 8.33. The van der Waals surface area contributed by atoms with Crippen molar-refractivity contribution in [3.8, 4) is 0 Å². The molecule has 4 rings (SSSR count). The zero-order valence-corrected chi connectivity index (χ0v) is 18.2. The van der Waals surface area contributed by atoms with Crippen LogP contribution in [0.1, 0.15) is 53.4 Å². The van der Waals surface area contributed by atoms with Gasteiger partial charge < -0.3 is 5.32 Å². The zero-order chi connectivity index (χ0) is 20.7. The van der Waals surface area contributed by atoms with Gasteiger partial charge in [0, 0.05) is 4.88 Å². The molecule has 1 aliphatic rings. The molecule has 1 aromatic carbocycles. The van der Waals surface area contributed by atoms with Gasteiger partial charge in [0.2, 0.25) is 5.91 Å². The standard InChI is InChI=1S/C23H27N3O2S/c1-13-5-8-18-19(9-13)29-22-21(18)23(28)26(12-24-22)11-20(27)25-16(4)17-7-6-14(2)15(3)10-17/h6-7,10,12-13,16H,5,8-9,11H2,1-4H3,(H,25,27)/t13-,16-/m1/s1. The first kappa shape index (κ1) is 19.8. The summed E-state index contributed by atoms with van der Waals surface area (Å²) >= 11 is 1.63. The van der Waals surface area contributed by atoms with Crippen molar-refractivity contribution in [1.29, 1.82) is 0 Å². The normalized spacial score (nSPS) is 17.2. The molecule has 0 bridgehead atoms. The summed E-state index contributed by atoms with van der Waals surface area (Å²) in [4.78, 5) is 32.2. The molecule has 5 nitrogen and oxygen atoms in total. The summed E-state index contributed by atoms with van der Waals surface area (Å²) in [6.07, 6.45) is 4.55. The second-order valence-electron chi connectivity index (χ2n) is 8.34. The van der Waals surface area contributed by atoms with Gasteiger partial charge in [-0.2, -0.15) is 0 Å². The first-order chi connectivity index (χ1) is 13.8. The smallest absolute Gasteiger partial charge is 0.262 e. The molecule has 1 N–H and O–H groups in total. The number of amides is 1. The number of aromatic nitrogens is 2. The number of nitrogens with zero attached hydrogens (tertiary/aromatic N) is 2. The van der Waals surface area contributed by atoms with E-state index >= 15 is 0 Å².